The Balaban J connectivity index is 1.78. The number of aliphatic hydroxyl groups is 1. The minimum Gasteiger partial charge on any atom is -0.396 e. The number of hydrogen-bond acceptors (Lipinski definition) is 4. The third-order valence-electron chi connectivity index (χ3n) is 4.10. The number of piperidine rings is 1. The van der Waals surface area contributed by atoms with E-state index in [-0.39, 0.29) is 30.9 Å². The van der Waals surface area contributed by atoms with Gasteiger partial charge in [0.2, 0.25) is 5.91 Å². The van der Waals surface area contributed by atoms with Gasteiger partial charge in [0.05, 0.1) is 13.1 Å². The summed E-state index contributed by atoms with van der Waals surface area (Å²) in [5, 5.41) is 11.8. The fourth-order valence-electron chi connectivity index (χ4n) is 2.89. The molecule has 1 aromatic rings. The van der Waals surface area contributed by atoms with Crippen molar-refractivity contribution in [3.05, 3.63) is 35.9 Å². The average molecular weight is 304 g/mol. The third kappa shape index (κ3) is 4.93. The van der Waals surface area contributed by atoms with Crippen LogP contribution in [0.1, 0.15) is 36.0 Å². The number of amides is 1. The highest BCUT2D eigenvalue weighted by atomic mass is 16.3. The van der Waals surface area contributed by atoms with Crippen molar-refractivity contribution >= 4 is 11.7 Å². The molecule has 1 fully saturated rings. The van der Waals surface area contributed by atoms with Crippen molar-refractivity contribution in [3.63, 3.8) is 0 Å². The molecular weight excluding hydrogens is 280 g/mol. The van der Waals surface area contributed by atoms with E-state index >= 15 is 0 Å². The summed E-state index contributed by atoms with van der Waals surface area (Å²) in [4.78, 5) is 26.1. The minimum atomic E-state index is -0.130. The van der Waals surface area contributed by atoms with E-state index in [1.54, 1.807) is 12.1 Å². The smallest absolute Gasteiger partial charge is 0.234 e. The minimum absolute atomic E-state index is 0.0291. The van der Waals surface area contributed by atoms with Crippen molar-refractivity contribution in [2.45, 2.75) is 31.7 Å². The number of nitrogens with one attached hydrogen (secondary N) is 1. The Morgan fingerprint density at radius 1 is 1.23 bits per heavy atom. The summed E-state index contributed by atoms with van der Waals surface area (Å²) in [5.74, 6) is -0.214. The number of carbonyl (C=O) groups is 2. The Hall–Kier alpha value is -1.72. The molecular formula is C17H24N2O3. The monoisotopic (exact) mass is 304 g/mol. The lowest BCUT2D eigenvalue weighted by atomic mass is 9.99. The van der Waals surface area contributed by atoms with E-state index in [2.05, 4.69) is 10.2 Å². The quantitative estimate of drug-likeness (QED) is 0.743. The van der Waals surface area contributed by atoms with Gasteiger partial charge in [0.1, 0.15) is 0 Å². The first-order chi connectivity index (χ1) is 10.7. The highest BCUT2D eigenvalue weighted by Gasteiger charge is 2.23. The lowest BCUT2D eigenvalue weighted by Crippen LogP contribution is -2.46. The van der Waals surface area contributed by atoms with Gasteiger partial charge in [-0.2, -0.15) is 0 Å². The molecule has 1 aromatic carbocycles. The first-order valence-electron chi connectivity index (χ1n) is 7.90. The standard InChI is InChI=1S/C17H24N2O3/c20-11-9-15-8-4-5-10-19(15)13-17(22)18-12-16(21)14-6-2-1-3-7-14/h1-3,6-7,15,20H,4-5,8-13H2,(H,18,22). The molecule has 1 aliphatic heterocycles. The van der Waals surface area contributed by atoms with E-state index in [4.69, 9.17) is 5.11 Å². The van der Waals surface area contributed by atoms with Crippen molar-refractivity contribution in [1.82, 2.24) is 10.2 Å². The molecule has 1 unspecified atom stereocenters. The predicted molar refractivity (Wildman–Crippen MR) is 84.7 cm³/mol. The van der Waals surface area contributed by atoms with E-state index < -0.39 is 0 Å². The van der Waals surface area contributed by atoms with Crippen molar-refractivity contribution in [1.29, 1.82) is 0 Å². The van der Waals surface area contributed by atoms with Gasteiger partial charge in [-0.3, -0.25) is 14.5 Å². The number of nitrogens with zero attached hydrogens (tertiary/aromatic N) is 1. The molecule has 120 valence electrons. The van der Waals surface area contributed by atoms with Crippen LogP contribution in [-0.4, -0.2) is 54.0 Å². The largest absolute Gasteiger partial charge is 0.396 e. The molecule has 5 nitrogen and oxygen atoms in total. The number of hydrogen-bond donors (Lipinski definition) is 2. The van der Waals surface area contributed by atoms with Crippen LogP contribution in [0.25, 0.3) is 0 Å². The molecule has 0 spiro atoms. The number of likely N-dealkylation sites (tertiary alicyclic amines) is 1. The second-order valence-corrected chi connectivity index (χ2v) is 5.70. The lowest BCUT2D eigenvalue weighted by molar-refractivity contribution is -0.123. The molecule has 0 aliphatic carbocycles. The molecule has 0 radical (unpaired) electrons. The zero-order valence-corrected chi connectivity index (χ0v) is 12.8. The summed E-state index contributed by atoms with van der Waals surface area (Å²) in [6.45, 7) is 1.36. The maximum atomic E-state index is 12.0. The number of aliphatic hydroxyl groups excluding tert-OH is 1. The molecule has 2 N–H and O–H groups in total. The molecule has 1 aliphatic rings. The lowest BCUT2D eigenvalue weighted by Gasteiger charge is -2.34. The van der Waals surface area contributed by atoms with Crippen LogP contribution in [0.4, 0.5) is 0 Å². The Morgan fingerprint density at radius 2 is 2.00 bits per heavy atom. The maximum Gasteiger partial charge on any atom is 0.234 e. The fourth-order valence-corrected chi connectivity index (χ4v) is 2.89. The van der Waals surface area contributed by atoms with Gasteiger partial charge in [0.15, 0.2) is 5.78 Å². The van der Waals surface area contributed by atoms with Crippen LogP contribution < -0.4 is 5.32 Å². The van der Waals surface area contributed by atoms with E-state index in [1.807, 2.05) is 18.2 Å². The van der Waals surface area contributed by atoms with E-state index in [0.29, 0.717) is 18.5 Å². The van der Waals surface area contributed by atoms with Gasteiger partial charge in [-0.1, -0.05) is 36.8 Å². The highest BCUT2D eigenvalue weighted by Crippen LogP contribution is 2.18. The van der Waals surface area contributed by atoms with Gasteiger partial charge in [-0.15, -0.1) is 0 Å². The molecule has 1 saturated heterocycles. The molecule has 0 saturated carbocycles. The summed E-state index contributed by atoms with van der Waals surface area (Å²) in [7, 11) is 0. The summed E-state index contributed by atoms with van der Waals surface area (Å²) < 4.78 is 0. The molecule has 0 bridgehead atoms. The first kappa shape index (κ1) is 16.6. The molecule has 1 atom stereocenters. The Bertz CT molecular complexity index is 488. The Morgan fingerprint density at radius 3 is 2.73 bits per heavy atom. The van der Waals surface area contributed by atoms with Crippen LogP contribution in [-0.2, 0) is 4.79 Å². The van der Waals surface area contributed by atoms with Gasteiger partial charge in [0, 0.05) is 18.2 Å². The van der Waals surface area contributed by atoms with Crippen LogP contribution in [0.2, 0.25) is 0 Å². The second-order valence-electron chi connectivity index (χ2n) is 5.70. The molecule has 1 heterocycles. The van der Waals surface area contributed by atoms with Gasteiger partial charge in [0.25, 0.3) is 0 Å². The highest BCUT2D eigenvalue weighted by molar-refractivity contribution is 5.99. The first-order valence-corrected chi connectivity index (χ1v) is 7.90. The van der Waals surface area contributed by atoms with Crippen LogP contribution in [0, 0.1) is 0 Å². The zero-order valence-electron chi connectivity index (χ0n) is 12.8. The molecule has 0 aromatic heterocycles. The van der Waals surface area contributed by atoms with E-state index in [1.165, 1.54) is 0 Å². The average Bonchev–Trinajstić information content (AvgIpc) is 2.55. The number of rotatable bonds is 7. The molecule has 1 amide bonds. The summed E-state index contributed by atoms with van der Waals surface area (Å²) in [6, 6.07) is 9.24. The maximum absolute atomic E-state index is 12.0. The Kier molecular flexibility index (Phi) is 6.55. The number of ketones is 1. The van der Waals surface area contributed by atoms with Gasteiger partial charge >= 0.3 is 0 Å². The fraction of sp³-hybridized carbons (Fsp3) is 0.529. The van der Waals surface area contributed by atoms with Crippen molar-refractivity contribution in [2.75, 3.05) is 26.2 Å². The summed E-state index contributed by atoms with van der Waals surface area (Å²) in [6.07, 6.45) is 3.96. The number of carbonyl (C=O) groups excluding carboxylic acids is 2. The van der Waals surface area contributed by atoms with Crippen LogP contribution >= 0.6 is 0 Å². The van der Waals surface area contributed by atoms with Crippen molar-refractivity contribution in [3.8, 4) is 0 Å². The Labute approximate surface area is 131 Å². The van der Waals surface area contributed by atoms with Crippen LogP contribution in [0.15, 0.2) is 30.3 Å². The molecule has 2 rings (SSSR count). The second kappa shape index (κ2) is 8.66. The topological polar surface area (TPSA) is 69.6 Å². The third-order valence-corrected chi connectivity index (χ3v) is 4.10. The number of Topliss-reactive ketones (excluding diaryl/α,β-unsaturated/α-hetero) is 1. The van der Waals surface area contributed by atoms with Crippen LogP contribution in [0.5, 0.6) is 0 Å². The van der Waals surface area contributed by atoms with E-state index in [9.17, 15) is 9.59 Å². The molecule has 5 heteroatoms. The zero-order chi connectivity index (χ0) is 15.8. The van der Waals surface area contributed by atoms with Crippen molar-refractivity contribution in [2.24, 2.45) is 0 Å². The van der Waals surface area contributed by atoms with E-state index in [0.717, 1.165) is 25.8 Å². The summed E-state index contributed by atoms with van der Waals surface area (Å²) >= 11 is 0. The number of benzene rings is 1. The van der Waals surface area contributed by atoms with Gasteiger partial charge in [-0.05, 0) is 25.8 Å². The van der Waals surface area contributed by atoms with Gasteiger partial charge in [-0.25, -0.2) is 0 Å². The SMILES string of the molecule is O=C(CN1CCCCC1CCO)NCC(=O)c1ccccc1. The normalized spacial score (nSPS) is 18.9. The predicted octanol–water partition coefficient (Wildman–Crippen LogP) is 1.22. The van der Waals surface area contributed by atoms with Crippen LogP contribution in [0.3, 0.4) is 0 Å². The molecule has 22 heavy (non-hydrogen) atoms. The van der Waals surface area contributed by atoms with Gasteiger partial charge < -0.3 is 10.4 Å². The summed E-state index contributed by atoms with van der Waals surface area (Å²) in [5.41, 5.74) is 0.610. The van der Waals surface area contributed by atoms with Crippen molar-refractivity contribution < 1.29 is 14.7 Å².